The molecule has 1 aromatic carbocycles. The van der Waals surface area contributed by atoms with Crippen LogP contribution in [0.15, 0.2) is 18.2 Å². The molecule has 1 saturated carbocycles. The molecular weight excluding hydrogens is 312 g/mol. The van der Waals surface area contributed by atoms with Gasteiger partial charge in [0.05, 0.1) is 23.8 Å². The molecule has 1 unspecified atom stereocenters. The summed E-state index contributed by atoms with van der Waals surface area (Å²) in [5, 5.41) is 0.504. The molecule has 1 aromatic rings. The normalized spacial score (nSPS) is 30.3. The third-order valence-electron chi connectivity index (χ3n) is 5.80. The first kappa shape index (κ1) is 15.2. The van der Waals surface area contributed by atoms with E-state index in [-0.39, 0.29) is 0 Å². The average molecular weight is 334 g/mol. The van der Waals surface area contributed by atoms with Crippen molar-refractivity contribution in [1.29, 1.82) is 0 Å². The predicted molar refractivity (Wildman–Crippen MR) is 88.9 cm³/mol. The maximum absolute atomic E-state index is 12.4. The fourth-order valence-corrected chi connectivity index (χ4v) is 4.87. The molecule has 1 saturated heterocycles. The lowest BCUT2D eigenvalue weighted by Gasteiger charge is -2.42. The largest absolute Gasteiger partial charge is 0.315 e. The fraction of sp³-hybridized carbons (Fsp3) is 0.556. The Labute approximate surface area is 141 Å². The lowest BCUT2D eigenvalue weighted by atomic mass is 9.78. The summed E-state index contributed by atoms with van der Waals surface area (Å²) < 4.78 is 0. The molecule has 0 aromatic heterocycles. The van der Waals surface area contributed by atoms with E-state index in [1.165, 1.54) is 43.4 Å². The summed E-state index contributed by atoms with van der Waals surface area (Å²) in [6.45, 7) is 1.71. The second kappa shape index (κ2) is 5.91. The quantitative estimate of drug-likeness (QED) is 0.842. The molecule has 4 nitrogen and oxygen atoms in total. The molecule has 3 atom stereocenters. The minimum atomic E-state index is -0.417. The van der Waals surface area contributed by atoms with Crippen molar-refractivity contribution >= 4 is 29.0 Å². The monoisotopic (exact) mass is 333 g/mol. The predicted octanol–water partition coefficient (Wildman–Crippen LogP) is 2.06. The molecule has 1 N–H and O–H groups in total. The minimum absolute atomic E-state index is 0.396. The van der Waals surface area contributed by atoms with Crippen LogP contribution in [0.3, 0.4) is 0 Å². The molecule has 5 heteroatoms. The van der Waals surface area contributed by atoms with Gasteiger partial charge in [-0.1, -0.05) is 18.0 Å². The van der Waals surface area contributed by atoms with Gasteiger partial charge >= 0.3 is 5.91 Å². The van der Waals surface area contributed by atoms with Gasteiger partial charge in [0.2, 0.25) is 0 Å². The van der Waals surface area contributed by atoms with Crippen molar-refractivity contribution in [2.75, 3.05) is 18.1 Å². The molecule has 122 valence electrons. The van der Waals surface area contributed by atoms with Crippen LogP contribution < -0.4 is 9.80 Å². The number of Topliss-reactive ketones (excluding diaryl/α,β-unsaturated/α-hetero) is 1. The van der Waals surface area contributed by atoms with Crippen LogP contribution in [0.5, 0.6) is 0 Å². The number of nitrogens with one attached hydrogen (secondary N) is 1. The second-order valence-corrected chi connectivity index (χ2v) is 7.52. The van der Waals surface area contributed by atoms with E-state index in [2.05, 4.69) is 0 Å². The first-order valence-electron chi connectivity index (χ1n) is 8.65. The van der Waals surface area contributed by atoms with Crippen LogP contribution in [-0.4, -0.2) is 30.9 Å². The highest BCUT2D eigenvalue weighted by molar-refractivity contribution is 6.52. The van der Waals surface area contributed by atoms with E-state index in [1.807, 2.05) is 6.07 Å². The Balaban J connectivity index is 1.59. The van der Waals surface area contributed by atoms with Crippen molar-refractivity contribution in [3.63, 3.8) is 0 Å². The lowest BCUT2D eigenvalue weighted by Crippen LogP contribution is -3.19. The summed E-state index contributed by atoms with van der Waals surface area (Å²) >= 11 is 5.98. The zero-order valence-electron chi connectivity index (χ0n) is 13.2. The van der Waals surface area contributed by atoms with Crippen LogP contribution in [0.2, 0.25) is 5.02 Å². The number of piperidine rings is 1. The van der Waals surface area contributed by atoms with Crippen LogP contribution in [0.25, 0.3) is 0 Å². The fourth-order valence-electron chi connectivity index (χ4n) is 4.70. The smallest absolute Gasteiger partial charge is 0.303 e. The van der Waals surface area contributed by atoms with Gasteiger partial charge in [0.15, 0.2) is 6.67 Å². The number of ketones is 1. The molecular formula is C18H22ClN2O2+. The van der Waals surface area contributed by atoms with E-state index in [4.69, 9.17) is 11.6 Å². The molecule has 0 bridgehead atoms. The Hall–Kier alpha value is -1.39. The van der Waals surface area contributed by atoms with Crippen molar-refractivity contribution in [3.8, 4) is 0 Å². The first-order chi connectivity index (χ1) is 11.1. The summed E-state index contributed by atoms with van der Waals surface area (Å²) in [6.07, 6.45) is 7.77. The summed E-state index contributed by atoms with van der Waals surface area (Å²) in [6, 6.07) is 5.83. The molecule has 23 heavy (non-hydrogen) atoms. The van der Waals surface area contributed by atoms with Gasteiger partial charge in [0.25, 0.3) is 5.78 Å². The van der Waals surface area contributed by atoms with Gasteiger partial charge in [-0.3, -0.25) is 14.5 Å². The van der Waals surface area contributed by atoms with E-state index < -0.39 is 11.7 Å². The summed E-state index contributed by atoms with van der Waals surface area (Å²) in [7, 11) is 0. The summed E-state index contributed by atoms with van der Waals surface area (Å²) in [4.78, 5) is 27.8. The Kier molecular flexibility index (Phi) is 3.90. The summed E-state index contributed by atoms with van der Waals surface area (Å²) in [5.74, 6) is -0.0163. The van der Waals surface area contributed by atoms with Crippen LogP contribution in [0.4, 0.5) is 5.69 Å². The maximum Gasteiger partial charge on any atom is 0.303 e. The molecule has 0 spiro atoms. The molecule has 1 aliphatic carbocycles. The van der Waals surface area contributed by atoms with E-state index in [0.29, 0.717) is 23.3 Å². The van der Waals surface area contributed by atoms with Gasteiger partial charge in [-0.15, -0.1) is 0 Å². The minimum Gasteiger partial charge on any atom is -0.315 e. The number of carbonyl (C=O) groups excluding carboxylic acids is 2. The van der Waals surface area contributed by atoms with Gasteiger partial charge in [-0.2, -0.15) is 0 Å². The van der Waals surface area contributed by atoms with E-state index >= 15 is 0 Å². The van der Waals surface area contributed by atoms with Crippen LogP contribution >= 0.6 is 11.6 Å². The number of amides is 1. The van der Waals surface area contributed by atoms with Gasteiger partial charge in [-0.05, 0) is 50.3 Å². The highest BCUT2D eigenvalue weighted by Crippen LogP contribution is 2.32. The zero-order valence-corrected chi connectivity index (χ0v) is 13.9. The molecule has 1 amide bonds. The molecule has 0 radical (unpaired) electrons. The third-order valence-corrected chi connectivity index (χ3v) is 6.04. The highest BCUT2D eigenvalue weighted by Gasteiger charge is 2.42. The van der Waals surface area contributed by atoms with Crippen molar-refractivity contribution in [3.05, 3.63) is 28.8 Å². The van der Waals surface area contributed by atoms with Crippen LogP contribution in [-0.2, 0) is 4.79 Å². The molecule has 4 rings (SSSR count). The SMILES string of the molecule is O=C1C(=O)N(C[NH+]2CCC[C@@H]3CCCC[C@@H]32)c2ccc(Cl)cc21. The number of hydrogen-bond donors (Lipinski definition) is 1. The molecule has 3 aliphatic rings. The first-order valence-corrected chi connectivity index (χ1v) is 9.03. The van der Waals surface area contributed by atoms with Crippen LogP contribution in [0, 0.1) is 5.92 Å². The molecule has 2 aliphatic heterocycles. The highest BCUT2D eigenvalue weighted by atomic mass is 35.5. The molecule has 2 fully saturated rings. The van der Waals surface area contributed by atoms with E-state index in [1.54, 1.807) is 17.0 Å². The number of rotatable bonds is 2. The van der Waals surface area contributed by atoms with Crippen molar-refractivity contribution in [2.45, 2.75) is 44.6 Å². The standard InChI is InChI=1S/C18H21ClN2O2/c19-13-7-8-16-14(10-13)17(22)18(23)21(16)11-20-9-3-5-12-4-1-2-6-15(12)20/h7-8,10,12,15H,1-6,9,11H2/p+1/t12-,15-/m0/s1. The summed E-state index contributed by atoms with van der Waals surface area (Å²) in [5.41, 5.74) is 1.19. The van der Waals surface area contributed by atoms with Gasteiger partial charge in [0.1, 0.15) is 0 Å². The third kappa shape index (κ3) is 2.58. The van der Waals surface area contributed by atoms with Crippen molar-refractivity contribution < 1.29 is 14.5 Å². The number of likely N-dealkylation sites (tertiary alicyclic amines) is 1. The van der Waals surface area contributed by atoms with Gasteiger partial charge in [0, 0.05) is 10.9 Å². The molecule has 2 heterocycles. The second-order valence-electron chi connectivity index (χ2n) is 7.08. The Morgan fingerprint density at radius 3 is 2.78 bits per heavy atom. The van der Waals surface area contributed by atoms with Gasteiger partial charge < -0.3 is 4.90 Å². The lowest BCUT2D eigenvalue weighted by molar-refractivity contribution is -0.935. The topological polar surface area (TPSA) is 41.8 Å². The number of halogens is 1. The van der Waals surface area contributed by atoms with Gasteiger partial charge in [-0.25, -0.2) is 0 Å². The zero-order chi connectivity index (χ0) is 16.0. The number of hydrogen-bond acceptors (Lipinski definition) is 2. The Bertz CT molecular complexity index is 658. The van der Waals surface area contributed by atoms with E-state index in [0.717, 1.165) is 18.2 Å². The number of carbonyl (C=O) groups is 2. The average Bonchev–Trinajstić information content (AvgIpc) is 2.80. The van der Waals surface area contributed by atoms with Crippen LogP contribution in [0.1, 0.15) is 48.9 Å². The van der Waals surface area contributed by atoms with Crippen molar-refractivity contribution in [1.82, 2.24) is 0 Å². The van der Waals surface area contributed by atoms with Crippen molar-refractivity contribution in [2.24, 2.45) is 5.92 Å². The number of quaternary nitrogens is 1. The number of nitrogens with zero attached hydrogens (tertiary/aromatic N) is 1. The Morgan fingerprint density at radius 2 is 1.91 bits per heavy atom. The Morgan fingerprint density at radius 1 is 1.13 bits per heavy atom. The number of fused-ring (bicyclic) bond motifs is 2. The maximum atomic E-state index is 12.4. The number of benzene rings is 1. The number of anilines is 1. The van der Waals surface area contributed by atoms with E-state index in [9.17, 15) is 9.59 Å².